The summed E-state index contributed by atoms with van der Waals surface area (Å²) in [5.74, 6) is 1.53. The van der Waals surface area contributed by atoms with Crippen LogP contribution in [0, 0.1) is 5.92 Å². The monoisotopic (exact) mass is 297 g/mol. The number of halogens is 1. The van der Waals surface area contributed by atoms with E-state index in [1.54, 1.807) is 0 Å². The summed E-state index contributed by atoms with van der Waals surface area (Å²) < 4.78 is 11.5. The first-order chi connectivity index (χ1) is 9.66. The summed E-state index contributed by atoms with van der Waals surface area (Å²) >= 11 is 6.32. The van der Waals surface area contributed by atoms with E-state index in [-0.39, 0.29) is 6.10 Å². The molecule has 0 spiro atoms. The highest BCUT2D eigenvalue weighted by atomic mass is 35.5. The maximum atomic E-state index is 6.32. The first-order valence-electron chi connectivity index (χ1n) is 7.39. The molecule has 4 heteroatoms. The molecule has 1 heterocycles. The van der Waals surface area contributed by atoms with Crippen molar-refractivity contribution in [2.45, 2.75) is 39.3 Å². The van der Waals surface area contributed by atoms with Gasteiger partial charge in [0.05, 0.1) is 13.2 Å². The third-order valence-electron chi connectivity index (χ3n) is 3.39. The Morgan fingerprint density at radius 3 is 2.80 bits per heavy atom. The molecule has 0 amide bonds. The Hall–Kier alpha value is -0.770. The summed E-state index contributed by atoms with van der Waals surface area (Å²) in [6, 6.07) is 5.88. The fourth-order valence-corrected chi connectivity index (χ4v) is 2.51. The summed E-state index contributed by atoms with van der Waals surface area (Å²) in [6.45, 7) is 7.68. The van der Waals surface area contributed by atoms with Crippen LogP contribution < -0.4 is 10.1 Å². The minimum atomic E-state index is 0.242. The Bertz CT molecular complexity index is 417. The molecule has 1 N–H and O–H groups in total. The van der Waals surface area contributed by atoms with Crippen LogP contribution in [0.4, 0.5) is 0 Å². The highest BCUT2D eigenvalue weighted by Crippen LogP contribution is 2.28. The normalized spacial score (nSPS) is 16.6. The van der Waals surface area contributed by atoms with E-state index >= 15 is 0 Å². The van der Waals surface area contributed by atoms with Gasteiger partial charge in [-0.15, -0.1) is 0 Å². The molecule has 0 saturated carbocycles. The molecule has 1 aromatic carbocycles. The fourth-order valence-electron chi connectivity index (χ4n) is 2.28. The van der Waals surface area contributed by atoms with Crippen LogP contribution in [-0.2, 0) is 11.3 Å². The minimum Gasteiger partial charge on any atom is -0.490 e. The van der Waals surface area contributed by atoms with Crippen LogP contribution in [-0.4, -0.2) is 25.9 Å². The summed E-state index contributed by atoms with van der Waals surface area (Å²) in [6.07, 6.45) is 2.14. The molecular formula is C16H24ClNO2. The van der Waals surface area contributed by atoms with Gasteiger partial charge in [0, 0.05) is 30.0 Å². The van der Waals surface area contributed by atoms with Crippen molar-refractivity contribution in [3.8, 4) is 5.75 Å². The zero-order valence-electron chi connectivity index (χ0n) is 12.3. The van der Waals surface area contributed by atoms with Gasteiger partial charge in [0.15, 0.2) is 0 Å². The van der Waals surface area contributed by atoms with Gasteiger partial charge in [-0.05, 0) is 24.6 Å². The molecule has 1 aromatic rings. The van der Waals surface area contributed by atoms with Crippen molar-refractivity contribution in [2.24, 2.45) is 5.92 Å². The molecule has 112 valence electrons. The maximum absolute atomic E-state index is 6.32. The number of rotatable bonds is 6. The number of ether oxygens (including phenoxy) is 2. The predicted molar refractivity (Wildman–Crippen MR) is 82.5 cm³/mol. The van der Waals surface area contributed by atoms with Crippen LogP contribution in [0.3, 0.4) is 0 Å². The zero-order valence-corrected chi connectivity index (χ0v) is 13.1. The lowest BCUT2D eigenvalue weighted by Crippen LogP contribution is -2.27. The quantitative estimate of drug-likeness (QED) is 0.869. The molecule has 0 radical (unpaired) electrons. The Morgan fingerprint density at radius 2 is 2.10 bits per heavy atom. The number of hydrogen-bond acceptors (Lipinski definition) is 3. The lowest BCUT2D eigenvalue weighted by atomic mass is 10.1. The highest BCUT2D eigenvalue weighted by Gasteiger charge is 2.17. The molecule has 1 saturated heterocycles. The SMILES string of the molecule is CC(C)CNCc1c(Cl)cccc1OC1CCOCC1. The van der Waals surface area contributed by atoms with E-state index in [2.05, 4.69) is 19.2 Å². The van der Waals surface area contributed by atoms with E-state index < -0.39 is 0 Å². The van der Waals surface area contributed by atoms with Gasteiger partial charge in [0.25, 0.3) is 0 Å². The Morgan fingerprint density at radius 1 is 1.35 bits per heavy atom. The Balaban J connectivity index is 2.01. The van der Waals surface area contributed by atoms with Crippen LogP contribution >= 0.6 is 11.6 Å². The first-order valence-corrected chi connectivity index (χ1v) is 7.77. The van der Waals surface area contributed by atoms with Gasteiger partial charge in [-0.1, -0.05) is 31.5 Å². The second kappa shape index (κ2) is 7.87. The van der Waals surface area contributed by atoms with Crippen LogP contribution in [0.1, 0.15) is 32.3 Å². The predicted octanol–water partition coefficient (Wildman–Crippen LogP) is 3.64. The lowest BCUT2D eigenvalue weighted by molar-refractivity contribution is 0.0251. The average molecular weight is 298 g/mol. The molecular weight excluding hydrogens is 274 g/mol. The molecule has 1 aliphatic heterocycles. The molecule has 20 heavy (non-hydrogen) atoms. The van der Waals surface area contributed by atoms with E-state index in [0.717, 1.165) is 55.5 Å². The van der Waals surface area contributed by atoms with Gasteiger partial charge in [-0.25, -0.2) is 0 Å². The van der Waals surface area contributed by atoms with Gasteiger partial charge < -0.3 is 14.8 Å². The zero-order chi connectivity index (χ0) is 14.4. The summed E-state index contributed by atoms with van der Waals surface area (Å²) in [5.41, 5.74) is 1.06. The molecule has 0 bridgehead atoms. The number of nitrogens with one attached hydrogen (secondary N) is 1. The molecule has 2 rings (SSSR count). The van der Waals surface area contributed by atoms with Crippen LogP contribution in [0.25, 0.3) is 0 Å². The van der Waals surface area contributed by atoms with Crippen molar-refractivity contribution in [3.05, 3.63) is 28.8 Å². The smallest absolute Gasteiger partial charge is 0.125 e. The average Bonchev–Trinajstić information content (AvgIpc) is 2.43. The Labute approximate surface area is 126 Å². The topological polar surface area (TPSA) is 30.5 Å². The van der Waals surface area contributed by atoms with Crippen LogP contribution in [0.15, 0.2) is 18.2 Å². The van der Waals surface area contributed by atoms with Gasteiger partial charge in [0.2, 0.25) is 0 Å². The van der Waals surface area contributed by atoms with E-state index in [1.165, 1.54) is 0 Å². The van der Waals surface area contributed by atoms with Gasteiger partial charge >= 0.3 is 0 Å². The van der Waals surface area contributed by atoms with E-state index in [0.29, 0.717) is 5.92 Å². The summed E-state index contributed by atoms with van der Waals surface area (Å²) in [5, 5.41) is 4.20. The van der Waals surface area contributed by atoms with Crippen molar-refractivity contribution in [1.82, 2.24) is 5.32 Å². The highest BCUT2D eigenvalue weighted by molar-refractivity contribution is 6.31. The molecule has 0 atom stereocenters. The van der Waals surface area contributed by atoms with Crippen molar-refractivity contribution in [1.29, 1.82) is 0 Å². The fraction of sp³-hybridized carbons (Fsp3) is 0.625. The number of hydrogen-bond donors (Lipinski definition) is 1. The van der Waals surface area contributed by atoms with Crippen molar-refractivity contribution in [2.75, 3.05) is 19.8 Å². The standard InChI is InChI=1S/C16H24ClNO2/c1-12(2)10-18-11-14-15(17)4-3-5-16(14)20-13-6-8-19-9-7-13/h3-5,12-13,18H,6-11H2,1-2H3. The maximum Gasteiger partial charge on any atom is 0.125 e. The van der Waals surface area contributed by atoms with Crippen molar-refractivity contribution < 1.29 is 9.47 Å². The van der Waals surface area contributed by atoms with E-state index in [1.807, 2.05) is 18.2 Å². The Kier molecular flexibility index (Phi) is 6.14. The minimum absolute atomic E-state index is 0.242. The van der Waals surface area contributed by atoms with E-state index in [4.69, 9.17) is 21.1 Å². The largest absolute Gasteiger partial charge is 0.490 e. The molecule has 1 fully saturated rings. The third kappa shape index (κ3) is 4.65. The molecule has 1 aliphatic rings. The van der Waals surface area contributed by atoms with Gasteiger partial charge in [-0.2, -0.15) is 0 Å². The van der Waals surface area contributed by atoms with Crippen molar-refractivity contribution in [3.63, 3.8) is 0 Å². The van der Waals surface area contributed by atoms with E-state index in [9.17, 15) is 0 Å². The molecule has 3 nitrogen and oxygen atoms in total. The summed E-state index contributed by atoms with van der Waals surface area (Å²) in [4.78, 5) is 0. The second-order valence-electron chi connectivity index (χ2n) is 5.67. The molecule has 0 unspecified atom stereocenters. The summed E-state index contributed by atoms with van der Waals surface area (Å²) in [7, 11) is 0. The number of benzene rings is 1. The molecule has 0 aliphatic carbocycles. The third-order valence-corrected chi connectivity index (χ3v) is 3.75. The lowest BCUT2D eigenvalue weighted by Gasteiger charge is -2.25. The first kappa shape index (κ1) is 15.6. The van der Waals surface area contributed by atoms with Crippen molar-refractivity contribution >= 4 is 11.6 Å². The molecule has 0 aromatic heterocycles. The van der Waals surface area contributed by atoms with Gasteiger partial charge in [0.1, 0.15) is 11.9 Å². The van der Waals surface area contributed by atoms with Crippen LogP contribution in [0.2, 0.25) is 5.02 Å². The van der Waals surface area contributed by atoms with Gasteiger partial charge in [-0.3, -0.25) is 0 Å². The van der Waals surface area contributed by atoms with Crippen LogP contribution in [0.5, 0.6) is 5.75 Å². The second-order valence-corrected chi connectivity index (χ2v) is 6.08.